The molecular formula is C19H30ClNO4S. The molecule has 0 saturated heterocycles. The Kier molecular flexibility index (Phi) is 9.72. The molecule has 26 heavy (non-hydrogen) atoms. The quantitative estimate of drug-likeness (QED) is 0.252. The van der Waals surface area contributed by atoms with E-state index in [2.05, 4.69) is 5.16 Å². The van der Waals surface area contributed by atoms with E-state index in [0.717, 1.165) is 6.42 Å². The summed E-state index contributed by atoms with van der Waals surface area (Å²) < 4.78 is 11.9. The van der Waals surface area contributed by atoms with Crippen molar-refractivity contribution in [1.82, 2.24) is 0 Å². The van der Waals surface area contributed by atoms with Crippen molar-refractivity contribution in [2.75, 3.05) is 12.4 Å². The van der Waals surface area contributed by atoms with E-state index < -0.39 is 16.7 Å². The number of carbonyl (C=O) groups is 2. The molecule has 0 amide bonds. The predicted octanol–water partition coefficient (Wildman–Crippen LogP) is 4.01. The summed E-state index contributed by atoms with van der Waals surface area (Å²) in [6, 6.07) is 0. The Labute approximate surface area is 164 Å². The minimum absolute atomic E-state index is 0.0273. The minimum Gasteiger partial charge on any atom is -0.392 e. The predicted molar refractivity (Wildman–Crippen MR) is 107 cm³/mol. The topological polar surface area (TPSA) is 72.8 Å². The van der Waals surface area contributed by atoms with E-state index >= 15 is 0 Å². The molecule has 0 heterocycles. The first kappa shape index (κ1) is 23.0. The van der Waals surface area contributed by atoms with Crippen LogP contribution in [0.3, 0.4) is 0 Å². The standard InChI is InChI=1S/C19H30ClNO4S/c1-5-7-15(21-25-10-6-9-20)18-16(22)12-14(13-17(18)23)8-11-26(24)19(2,3)4/h6,9,14,18H,5,7-8,10-13H2,1-4H3. The monoisotopic (exact) mass is 403 g/mol. The van der Waals surface area contributed by atoms with Crippen LogP contribution in [0.1, 0.15) is 59.8 Å². The molecule has 1 aliphatic rings. The first-order chi connectivity index (χ1) is 12.2. The molecule has 1 atom stereocenters. The zero-order valence-corrected chi connectivity index (χ0v) is 17.7. The van der Waals surface area contributed by atoms with Crippen molar-refractivity contribution in [2.24, 2.45) is 17.0 Å². The van der Waals surface area contributed by atoms with Gasteiger partial charge in [0.1, 0.15) is 24.1 Å². The second kappa shape index (κ2) is 11.0. The Morgan fingerprint density at radius 1 is 1.31 bits per heavy atom. The van der Waals surface area contributed by atoms with Gasteiger partial charge in [-0.15, -0.1) is 0 Å². The van der Waals surface area contributed by atoms with Gasteiger partial charge in [-0.05, 0) is 45.6 Å². The Morgan fingerprint density at radius 3 is 2.42 bits per heavy atom. The number of carbonyl (C=O) groups excluding carboxylic acids is 2. The van der Waals surface area contributed by atoms with Crippen LogP contribution < -0.4 is 0 Å². The van der Waals surface area contributed by atoms with E-state index in [0.29, 0.717) is 37.1 Å². The van der Waals surface area contributed by atoms with Gasteiger partial charge in [-0.25, -0.2) is 0 Å². The maximum Gasteiger partial charge on any atom is 0.149 e. The third-order valence-electron chi connectivity index (χ3n) is 4.30. The smallest absolute Gasteiger partial charge is 0.149 e. The van der Waals surface area contributed by atoms with Gasteiger partial charge in [0.05, 0.1) is 5.71 Å². The number of hydrogen-bond acceptors (Lipinski definition) is 5. The lowest BCUT2D eigenvalue weighted by atomic mass is 9.76. The van der Waals surface area contributed by atoms with E-state index in [4.69, 9.17) is 16.4 Å². The molecule has 0 N–H and O–H groups in total. The Balaban J connectivity index is 2.72. The summed E-state index contributed by atoms with van der Waals surface area (Å²) in [5.41, 5.74) is 1.83. The lowest BCUT2D eigenvalue weighted by Crippen LogP contribution is -2.39. The molecule has 1 fully saturated rings. The van der Waals surface area contributed by atoms with Gasteiger partial charge < -0.3 is 4.84 Å². The number of Topliss-reactive ketones (excluding diaryl/α,β-unsaturated/α-hetero) is 2. The van der Waals surface area contributed by atoms with E-state index in [1.54, 1.807) is 6.08 Å². The van der Waals surface area contributed by atoms with Crippen LogP contribution in [0.4, 0.5) is 0 Å². The molecule has 0 aliphatic heterocycles. The summed E-state index contributed by atoms with van der Waals surface area (Å²) in [6.07, 6.45) is 4.21. The summed E-state index contributed by atoms with van der Waals surface area (Å²) in [5, 5.41) is 4.02. The number of rotatable bonds is 9. The van der Waals surface area contributed by atoms with Gasteiger partial charge in [0, 0.05) is 39.7 Å². The highest BCUT2D eigenvalue weighted by atomic mass is 35.5. The number of hydrogen-bond donors (Lipinski definition) is 0. The zero-order valence-electron chi connectivity index (χ0n) is 16.1. The second-order valence-corrected chi connectivity index (χ2v) is 10.2. The number of ketones is 2. The van der Waals surface area contributed by atoms with Crippen molar-refractivity contribution >= 4 is 39.7 Å². The largest absolute Gasteiger partial charge is 0.392 e. The lowest BCUT2D eigenvalue weighted by molar-refractivity contribution is -0.134. The second-order valence-electron chi connectivity index (χ2n) is 7.58. The van der Waals surface area contributed by atoms with Crippen LogP contribution in [0.5, 0.6) is 0 Å². The van der Waals surface area contributed by atoms with Crippen LogP contribution in [-0.2, 0) is 25.2 Å². The molecule has 0 radical (unpaired) electrons. The molecule has 0 bridgehead atoms. The molecule has 7 heteroatoms. The van der Waals surface area contributed by atoms with Gasteiger partial charge in [0.15, 0.2) is 0 Å². The van der Waals surface area contributed by atoms with Crippen molar-refractivity contribution < 1.29 is 18.6 Å². The van der Waals surface area contributed by atoms with Crippen molar-refractivity contribution in [1.29, 1.82) is 0 Å². The molecule has 1 aliphatic carbocycles. The van der Waals surface area contributed by atoms with Gasteiger partial charge in [0.25, 0.3) is 0 Å². The molecule has 1 unspecified atom stereocenters. The van der Waals surface area contributed by atoms with Gasteiger partial charge in [-0.3, -0.25) is 13.8 Å². The molecular weight excluding hydrogens is 374 g/mol. The van der Waals surface area contributed by atoms with E-state index in [1.807, 2.05) is 27.7 Å². The summed E-state index contributed by atoms with van der Waals surface area (Å²) in [5.74, 6) is -0.504. The lowest BCUT2D eigenvalue weighted by Gasteiger charge is -2.27. The fourth-order valence-corrected chi connectivity index (χ4v) is 4.14. The molecule has 0 aromatic heterocycles. The molecule has 0 spiro atoms. The third kappa shape index (κ3) is 7.31. The summed E-state index contributed by atoms with van der Waals surface area (Å²) in [4.78, 5) is 30.3. The average molecular weight is 404 g/mol. The fraction of sp³-hybridized carbons (Fsp3) is 0.737. The Hall–Kier alpha value is -1.01. The van der Waals surface area contributed by atoms with Crippen molar-refractivity contribution in [3.8, 4) is 0 Å². The fourth-order valence-electron chi connectivity index (χ4n) is 2.91. The highest BCUT2D eigenvalue weighted by molar-refractivity contribution is 7.86. The molecule has 1 rings (SSSR count). The van der Waals surface area contributed by atoms with Crippen molar-refractivity contribution in [2.45, 2.75) is 64.5 Å². The van der Waals surface area contributed by atoms with Gasteiger partial charge in [-0.2, -0.15) is 0 Å². The number of nitrogens with zero attached hydrogens (tertiary/aromatic N) is 1. The average Bonchev–Trinajstić information content (AvgIpc) is 2.55. The van der Waals surface area contributed by atoms with E-state index in [1.165, 1.54) is 5.54 Å². The third-order valence-corrected chi connectivity index (χ3v) is 6.45. The highest BCUT2D eigenvalue weighted by Crippen LogP contribution is 2.29. The number of oxime groups is 1. The van der Waals surface area contributed by atoms with Crippen molar-refractivity contribution in [3.05, 3.63) is 11.6 Å². The van der Waals surface area contributed by atoms with Crippen molar-refractivity contribution in [3.63, 3.8) is 0 Å². The normalized spacial score (nSPS) is 23.5. The zero-order chi connectivity index (χ0) is 19.7. The number of halogens is 1. The van der Waals surface area contributed by atoms with Gasteiger partial charge in [-0.1, -0.05) is 30.1 Å². The summed E-state index contributed by atoms with van der Waals surface area (Å²) >= 11 is 5.43. The van der Waals surface area contributed by atoms with Crippen LogP contribution >= 0.6 is 11.6 Å². The highest BCUT2D eigenvalue weighted by Gasteiger charge is 2.38. The van der Waals surface area contributed by atoms with Gasteiger partial charge in [0.2, 0.25) is 0 Å². The van der Waals surface area contributed by atoms with Crippen LogP contribution in [-0.4, -0.2) is 38.6 Å². The molecule has 148 valence electrons. The van der Waals surface area contributed by atoms with Gasteiger partial charge >= 0.3 is 0 Å². The maximum absolute atomic E-state index is 12.6. The first-order valence-electron chi connectivity index (χ1n) is 9.08. The Morgan fingerprint density at radius 2 is 1.92 bits per heavy atom. The Bertz CT molecular complexity index is 563. The van der Waals surface area contributed by atoms with E-state index in [-0.39, 0.29) is 28.8 Å². The SMILES string of the molecule is CCCC(=NOCC=CCl)C1C(=O)CC(CCS(=O)C(C)(C)C)CC1=O. The minimum atomic E-state index is -0.972. The molecule has 5 nitrogen and oxygen atoms in total. The van der Waals surface area contributed by atoms with Crippen LogP contribution in [0, 0.1) is 11.8 Å². The van der Waals surface area contributed by atoms with E-state index in [9.17, 15) is 13.8 Å². The first-order valence-corrected chi connectivity index (χ1v) is 10.8. The maximum atomic E-state index is 12.6. The van der Waals surface area contributed by atoms with Crippen LogP contribution in [0.15, 0.2) is 16.8 Å². The summed E-state index contributed by atoms with van der Waals surface area (Å²) in [6.45, 7) is 7.97. The molecule has 1 saturated carbocycles. The molecule has 0 aromatic carbocycles. The summed E-state index contributed by atoms with van der Waals surface area (Å²) in [7, 11) is -0.972. The van der Waals surface area contributed by atoms with Crippen LogP contribution in [0.2, 0.25) is 0 Å². The van der Waals surface area contributed by atoms with Crippen LogP contribution in [0.25, 0.3) is 0 Å². The molecule has 0 aromatic rings.